The van der Waals surface area contributed by atoms with Gasteiger partial charge in [0.2, 0.25) is 0 Å². The Hall–Kier alpha value is -2.74. The minimum absolute atomic E-state index is 0.147. The molecule has 2 aromatic rings. The van der Waals surface area contributed by atoms with Gasteiger partial charge in [0, 0.05) is 17.7 Å². The maximum atomic E-state index is 13.6. The van der Waals surface area contributed by atoms with Crippen LogP contribution in [0.3, 0.4) is 0 Å². The van der Waals surface area contributed by atoms with Crippen molar-refractivity contribution in [1.82, 2.24) is 0 Å². The fourth-order valence-electron chi connectivity index (χ4n) is 1.57. The van der Waals surface area contributed by atoms with Gasteiger partial charge >= 0.3 is 0 Å². The minimum Gasteiger partial charge on any atom is -0.258 e. The smallest absolute Gasteiger partial charge is 0.258 e. The number of hydrogen-bond acceptors (Lipinski definition) is 3. The van der Waals surface area contributed by atoms with Gasteiger partial charge in [0.1, 0.15) is 5.82 Å². The summed E-state index contributed by atoms with van der Waals surface area (Å²) >= 11 is 0. The zero-order valence-electron chi connectivity index (χ0n) is 9.13. The summed E-state index contributed by atoms with van der Waals surface area (Å²) in [5, 5.41) is 19.3. The van der Waals surface area contributed by atoms with Crippen LogP contribution in [0.25, 0.3) is 11.1 Å². The molecule has 2 aromatic carbocycles. The predicted molar refractivity (Wildman–Crippen MR) is 63.2 cm³/mol. The number of rotatable bonds is 2. The molecule has 88 valence electrons. The number of benzene rings is 2. The Bertz CT molecular complexity index is 645. The van der Waals surface area contributed by atoms with Crippen LogP contribution in [-0.2, 0) is 0 Å². The van der Waals surface area contributed by atoms with E-state index in [0.717, 1.165) is 12.1 Å². The van der Waals surface area contributed by atoms with E-state index in [-0.39, 0.29) is 11.3 Å². The summed E-state index contributed by atoms with van der Waals surface area (Å²) in [6, 6.07) is 11.5. The summed E-state index contributed by atoms with van der Waals surface area (Å²) in [5.74, 6) is -0.537. The largest absolute Gasteiger partial charge is 0.270 e. The van der Waals surface area contributed by atoms with Gasteiger partial charge in [-0.3, -0.25) is 10.1 Å². The van der Waals surface area contributed by atoms with Gasteiger partial charge in [0.25, 0.3) is 5.69 Å². The number of nitriles is 1. The Labute approximate surface area is 102 Å². The first-order valence-corrected chi connectivity index (χ1v) is 5.06. The molecule has 0 N–H and O–H groups in total. The van der Waals surface area contributed by atoms with E-state index >= 15 is 0 Å². The normalized spacial score (nSPS) is 9.78. The zero-order valence-corrected chi connectivity index (χ0v) is 9.13. The number of nitro benzene ring substituents is 1. The molecular formula is C13H7FN2O2. The van der Waals surface area contributed by atoms with Crippen LogP contribution in [0, 0.1) is 27.3 Å². The third-order valence-corrected chi connectivity index (χ3v) is 2.49. The Kier molecular flexibility index (Phi) is 3.02. The molecule has 0 saturated carbocycles. The Balaban J connectivity index is 2.52. The Morgan fingerprint density at radius 3 is 2.39 bits per heavy atom. The van der Waals surface area contributed by atoms with E-state index in [2.05, 4.69) is 0 Å². The lowest BCUT2D eigenvalue weighted by molar-refractivity contribution is -0.384. The molecule has 2 rings (SSSR count). The van der Waals surface area contributed by atoms with Gasteiger partial charge in [0.15, 0.2) is 0 Å². The molecule has 0 spiro atoms. The van der Waals surface area contributed by atoms with Gasteiger partial charge in [0.05, 0.1) is 16.6 Å². The fraction of sp³-hybridized carbons (Fsp3) is 0. The van der Waals surface area contributed by atoms with E-state index in [1.54, 1.807) is 12.1 Å². The van der Waals surface area contributed by atoms with Crippen molar-refractivity contribution in [2.24, 2.45) is 0 Å². The summed E-state index contributed by atoms with van der Waals surface area (Å²) in [5.41, 5.74) is 0.921. The highest BCUT2D eigenvalue weighted by atomic mass is 19.1. The highest BCUT2D eigenvalue weighted by Gasteiger charge is 2.12. The predicted octanol–water partition coefficient (Wildman–Crippen LogP) is 3.27. The number of hydrogen-bond donors (Lipinski definition) is 0. The second-order valence-corrected chi connectivity index (χ2v) is 3.61. The van der Waals surface area contributed by atoms with E-state index in [9.17, 15) is 14.5 Å². The lowest BCUT2D eigenvalue weighted by atomic mass is 10.0. The van der Waals surface area contributed by atoms with Crippen LogP contribution >= 0.6 is 0 Å². The maximum absolute atomic E-state index is 13.6. The first-order valence-electron chi connectivity index (χ1n) is 5.06. The molecule has 0 atom stereocenters. The van der Waals surface area contributed by atoms with Crippen LogP contribution in [0.4, 0.5) is 10.1 Å². The monoisotopic (exact) mass is 242 g/mol. The van der Waals surface area contributed by atoms with Crippen LogP contribution in [0.15, 0.2) is 42.5 Å². The van der Waals surface area contributed by atoms with Gasteiger partial charge in [-0.25, -0.2) is 4.39 Å². The molecule has 0 aliphatic heterocycles. The molecule has 0 heterocycles. The van der Waals surface area contributed by atoms with E-state index in [1.807, 2.05) is 6.07 Å². The molecule has 0 amide bonds. The molecule has 0 aliphatic carbocycles. The zero-order chi connectivity index (χ0) is 13.1. The molecular weight excluding hydrogens is 235 g/mol. The van der Waals surface area contributed by atoms with Crippen molar-refractivity contribution in [3.05, 3.63) is 64.0 Å². The van der Waals surface area contributed by atoms with Gasteiger partial charge < -0.3 is 0 Å². The van der Waals surface area contributed by atoms with Crippen molar-refractivity contribution < 1.29 is 9.31 Å². The summed E-state index contributed by atoms with van der Waals surface area (Å²) < 4.78 is 13.6. The molecule has 0 radical (unpaired) electrons. The van der Waals surface area contributed by atoms with Crippen molar-refractivity contribution in [2.75, 3.05) is 0 Å². The van der Waals surface area contributed by atoms with Crippen molar-refractivity contribution >= 4 is 5.69 Å². The quantitative estimate of drug-likeness (QED) is 0.599. The molecule has 0 aromatic heterocycles. The first-order chi connectivity index (χ1) is 8.61. The average Bonchev–Trinajstić information content (AvgIpc) is 2.39. The van der Waals surface area contributed by atoms with Crippen LogP contribution in [0.1, 0.15) is 5.56 Å². The molecule has 5 heteroatoms. The van der Waals surface area contributed by atoms with Crippen molar-refractivity contribution in [2.45, 2.75) is 0 Å². The summed E-state index contributed by atoms with van der Waals surface area (Å²) in [4.78, 5) is 10.1. The number of nitro groups is 1. The average molecular weight is 242 g/mol. The molecule has 0 aliphatic rings. The van der Waals surface area contributed by atoms with Crippen LogP contribution in [-0.4, -0.2) is 4.92 Å². The van der Waals surface area contributed by atoms with E-state index in [0.29, 0.717) is 11.1 Å². The molecule has 4 nitrogen and oxygen atoms in total. The number of halogens is 1. The third kappa shape index (κ3) is 2.18. The molecule has 0 fully saturated rings. The van der Waals surface area contributed by atoms with Crippen molar-refractivity contribution in [3.63, 3.8) is 0 Å². The van der Waals surface area contributed by atoms with Gasteiger partial charge in [-0.15, -0.1) is 0 Å². The number of nitrogens with zero attached hydrogens (tertiary/aromatic N) is 2. The lowest BCUT2D eigenvalue weighted by Gasteiger charge is -2.03. The second kappa shape index (κ2) is 4.63. The van der Waals surface area contributed by atoms with Gasteiger partial charge in [-0.05, 0) is 23.8 Å². The van der Waals surface area contributed by atoms with E-state index in [1.165, 1.54) is 18.2 Å². The van der Waals surface area contributed by atoms with Crippen LogP contribution < -0.4 is 0 Å². The van der Waals surface area contributed by atoms with Gasteiger partial charge in [-0.2, -0.15) is 5.26 Å². The summed E-state index contributed by atoms with van der Waals surface area (Å²) in [6.45, 7) is 0. The summed E-state index contributed by atoms with van der Waals surface area (Å²) in [6.07, 6.45) is 0. The first kappa shape index (κ1) is 11.7. The molecule has 0 bridgehead atoms. The van der Waals surface area contributed by atoms with Crippen LogP contribution in [0.2, 0.25) is 0 Å². The fourth-order valence-corrected chi connectivity index (χ4v) is 1.57. The van der Waals surface area contributed by atoms with E-state index in [4.69, 9.17) is 5.26 Å². The highest BCUT2D eigenvalue weighted by molar-refractivity contribution is 5.67. The second-order valence-electron chi connectivity index (χ2n) is 3.61. The van der Waals surface area contributed by atoms with Crippen molar-refractivity contribution in [1.29, 1.82) is 5.26 Å². The topological polar surface area (TPSA) is 66.9 Å². The van der Waals surface area contributed by atoms with E-state index < -0.39 is 10.7 Å². The maximum Gasteiger partial charge on any atom is 0.270 e. The van der Waals surface area contributed by atoms with Gasteiger partial charge in [-0.1, -0.05) is 12.1 Å². The van der Waals surface area contributed by atoms with Crippen molar-refractivity contribution in [3.8, 4) is 17.2 Å². The standard InChI is InChI=1S/C13H7FN2O2/c14-13-6-5-11(16(17)18)7-12(13)10-3-1-9(8-15)2-4-10/h1-7H. The number of non-ortho nitro benzene ring substituents is 1. The molecule has 0 unspecified atom stereocenters. The Morgan fingerprint density at radius 2 is 1.83 bits per heavy atom. The minimum atomic E-state index is -0.577. The third-order valence-electron chi connectivity index (χ3n) is 2.49. The summed E-state index contributed by atoms with van der Waals surface area (Å²) in [7, 11) is 0. The lowest BCUT2D eigenvalue weighted by Crippen LogP contribution is -1.91. The molecule has 18 heavy (non-hydrogen) atoms. The molecule has 0 saturated heterocycles. The SMILES string of the molecule is N#Cc1ccc(-c2cc([N+](=O)[O-])ccc2F)cc1. The highest BCUT2D eigenvalue weighted by Crippen LogP contribution is 2.27. The Morgan fingerprint density at radius 1 is 1.17 bits per heavy atom. The van der Waals surface area contributed by atoms with Crippen LogP contribution in [0.5, 0.6) is 0 Å².